The number of epoxide rings is 1. The Morgan fingerprint density at radius 3 is 2.24 bits per heavy atom. The summed E-state index contributed by atoms with van der Waals surface area (Å²) in [6.07, 6.45) is 1.49. The van der Waals surface area contributed by atoms with Crippen LogP contribution in [0.3, 0.4) is 0 Å². The Morgan fingerprint density at radius 2 is 1.63 bits per heavy atom. The van der Waals surface area contributed by atoms with Crippen LogP contribution in [0.5, 0.6) is 0 Å². The van der Waals surface area contributed by atoms with E-state index in [-0.39, 0.29) is 49.0 Å². The SMILES string of the molecule is CC(=O)NCC(=O)N1CCC[C@H]1C(=O)N[C@@H](Cc1ccc(NC(=O)c2ccccc2)cc1)C(=O)NC(CC(C)C)C(=O)[C@@]1(C)CO1. The topological polar surface area (TPSA) is 166 Å². The Kier molecular flexibility index (Phi) is 11.3. The number of nitrogens with zero attached hydrogens (tertiary/aromatic N) is 1. The summed E-state index contributed by atoms with van der Waals surface area (Å²) in [5.74, 6) is -2.15. The minimum atomic E-state index is -1.07. The maximum atomic E-state index is 13.8. The van der Waals surface area contributed by atoms with Gasteiger partial charge in [0.25, 0.3) is 5.91 Å². The van der Waals surface area contributed by atoms with Crippen molar-refractivity contribution in [3.05, 3.63) is 65.7 Å². The Morgan fingerprint density at radius 1 is 0.957 bits per heavy atom. The fourth-order valence-corrected chi connectivity index (χ4v) is 5.46. The van der Waals surface area contributed by atoms with Crippen molar-refractivity contribution in [3.8, 4) is 0 Å². The molecule has 4 N–H and O–H groups in total. The van der Waals surface area contributed by atoms with Crippen molar-refractivity contribution >= 4 is 41.0 Å². The molecule has 0 bridgehead atoms. The number of hydrogen-bond acceptors (Lipinski definition) is 7. The lowest BCUT2D eigenvalue weighted by Crippen LogP contribution is -2.57. The smallest absolute Gasteiger partial charge is 0.255 e. The zero-order valence-electron chi connectivity index (χ0n) is 26.8. The molecule has 2 aliphatic heterocycles. The van der Waals surface area contributed by atoms with Gasteiger partial charge in [0.15, 0.2) is 5.78 Å². The quantitative estimate of drug-likeness (QED) is 0.231. The first kappa shape index (κ1) is 34.3. The third-order valence-corrected chi connectivity index (χ3v) is 8.12. The molecule has 46 heavy (non-hydrogen) atoms. The van der Waals surface area contributed by atoms with Crippen LogP contribution < -0.4 is 21.3 Å². The molecule has 2 heterocycles. The zero-order valence-corrected chi connectivity index (χ0v) is 26.8. The Bertz CT molecular complexity index is 1440. The molecule has 2 aromatic rings. The monoisotopic (exact) mass is 633 g/mol. The number of anilines is 1. The molecule has 4 atom stereocenters. The van der Waals surface area contributed by atoms with Crippen LogP contribution in [0.25, 0.3) is 0 Å². The number of likely N-dealkylation sites (tertiary alicyclic amines) is 1. The molecule has 0 radical (unpaired) electrons. The second-order valence-electron chi connectivity index (χ2n) is 12.5. The number of carbonyl (C=O) groups excluding carboxylic acids is 6. The van der Waals surface area contributed by atoms with Crippen LogP contribution in [0.2, 0.25) is 0 Å². The number of ketones is 1. The van der Waals surface area contributed by atoms with Crippen molar-refractivity contribution < 1.29 is 33.5 Å². The van der Waals surface area contributed by atoms with E-state index in [0.29, 0.717) is 42.6 Å². The van der Waals surface area contributed by atoms with Gasteiger partial charge in [-0.3, -0.25) is 28.8 Å². The molecule has 1 unspecified atom stereocenters. The van der Waals surface area contributed by atoms with E-state index in [4.69, 9.17) is 4.74 Å². The number of benzene rings is 2. The minimum Gasteiger partial charge on any atom is -0.361 e. The van der Waals surface area contributed by atoms with E-state index in [1.54, 1.807) is 55.5 Å². The predicted octanol–water partition coefficient (Wildman–Crippen LogP) is 1.98. The third-order valence-electron chi connectivity index (χ3n) is 8.12. The van der Waals surface area contributed by atoms with Crippen LogP contribution in [0.15, 0.2) is 54.6 Å². The van der Waals surface area contributed by atoms with Gasteiger partial charge in [0, 0.05) is 31.1 Å². The van der Waals surface area contributed by atoms with E-state index in [0.717, 1.165) is 0 Å². The van der Waals surface area contributed by atoms with E-state index in [1.807, 2.05) is 19.9 Å². The molecule has 0 aromatic heterocycles. The number of ether oxygens (including phenoxy) is 1. The predicted molar refractivity (Wildman–Crippen MR) is 171 cm³/mol. The summed E-state index contributed by atoms with van der Waals surface area (Å²) in [5, 5.41) is 11.0. The van der Waals surface area contributed by atoms with Crippen molar-refractivity contribution in [1.29, 1.82) is 0 Å². The van der Waals surface area contributed by atoms with Crippen molar-refractivity contribution in [1.82, 2.24) is 20.9 Å². The van der Waals surface area contributed by atoms with Gasteiger partial charge in [-0.15, -0.1) is 0 Å². The van der Waals surface area contributed by atoms with Gasteiger partial charge < -0.3 is 30.9 Å². The summed E-state index contributed by atoms with van der Waals surface area (Å²) in [6, 6.07) is 13.0. The van der Waals surface area contributed by atoms with Crippen LogP contribution in [0.4, 0.5) is 5.69 Å². The van der Waals surface area contributed by atoms with E-state index >= 15 is 0 Å². The molecule has 2 aliphatic rings. The molecule has 0 aliphatic carbocycles. The second kappa shape index (κ2) is 15.1. The van der Waals surface area contributed by atoms with Gasteiger partial charge in [0.2, 0.25) is 23.6 Å². The highest BCUT2D eigenvalue weighted by molar-refractivity contribution is 6.04. The summed E-state index contributed by atoms with van der Waals surface area (Å²) < 4.78 is 5.36. The van der Waals surface area contributed by atoms with E-state index < -0.39 is 35.5 Å². The molecule has 12 nitrogen and oxygen atoms in total. The molecule has 12 heteroatoms. The number of nitrogens with one attached hydrogen (secondary N) is 4. The lowest BCUT2D eigenvalue weighted by molar-refractivity contribution is -0.139. The molecule has 2 fully saturated rings. The van der Waals surface area contributed by atoms with Gasteiger partial charge in [-0.1, -0.05) is 44.2 Å². The van der Waals surface area contributed by atoms with E-state index in [1.165, 1.54) is 11.8 Å². The minimum absolute atomic E-state index is 0.0907. The number of rotatable bonds is 14. The van der Waals surface area contributed by atoms with Crippen LogP contribution in [-0.4, -0.2) is 83.6 Å². The van der Waals surface area contributed by atoms with E-state index in [2.05, 4.69) is 21.3 Å². The Balaban J connectivity index is 1.51. The molecule has 0 spiro atoms. The third kappa shape index (κ3) is 9.23. The summed E-state index contributed by atoms with van der Waals surface area (Å²) in [7, 11) is 0. The zero-order chi connectivity index (χ0) is 33.4. The van der Waals surface area contributed by atoms with Gasteiger partial charge in [-0.05, 0) is 61.9 Å². The number of carbonyl (C=O) groups is 6. The summed E-state index contributed by atoms with van der Waals surface area (Å²) in [6.45, 7) is 7.32. The summed E-state index contributed by atoms with van der Waals surface area (Å²) in [5.41, 5.74) is 0.831. The highest BCUT2D eigenvalue weighted by Crippen LogP contribution is 2.30. The molecule has 2 saturated heterocycles. The molecule has 5 amide bonds. The first-order valence-corrected chi connectivity index (χ1v) is 15.6. The first-order valence-electron chi connectivity index (χ1n) is 15.6. The van der Waals surface area contributed by atoms with Crippen molar-refractivity contribution in [2.45, 2.75) is 77.1 Å². The second-order valence-corrected chi connectivity index (χ2v) is 12.5. The number of Topliss-reactive ketones (excluding diaryl/α,β-unsaturated/α-hetero) is 1. The van der Waals surface area contributed by atoms with Crippen LogP contribution in [0.1, 0.15) is 62.9 Å². The van der Waals surface area contributed by atoms with Crippen molar-refractivity contribution in [2.75, 3.05) is 25.0 Å². The molecular weight excluding hydrogens is 590 g/mol. The van der Waals surface area contributed by atoms with Gasteiger partial charge >= 0.3 is 0 Å². The maximum Gasteiger partial charge on any atom is 0.255 e. The first-order chi connectivity index (χ1) is 21.9. The van der Waals surface area contributed by atoms with Crippen molar-refractivity contribution in [2.24, 2.45) is 5.92 Å². The molecule has 4 rings (SSSR count). The molecule has 0 saturated carbocycles. The highest BCUT2D eigenvalue weighted by Gasteiger charge is 2.50. The average molecular weight is 634 g/mol. The normalized spacial score (nSPS) is 19.9. The number of hydrogen-bond donors (Lipinski definition) is 4. The largest absolute Gasteiger partial charge is 0.361 e. The molecule has 246 valence electrons. The lowest BCUT2D eigenvalue weighted by atomic mass is 9.93. The standard InChI is InChI=1S/C34H43N5O7/c1-21(2)17-26(30(42)34(4)20-46-34)37-32(44)27(38-33(45)28-11-8-16-39(28)29(41)19-35-22(3)40)18-23-12-14-25(15-13-23)36-31(43)24-9-6-5-7-10-24/h5-7,9-10,12-15,21,26-28H,8,11,16-20H2,1-4H3,(H,35,40)(H,36,43)(H,37,44)(H,38,45)/t26?,27-,28-,34+/m0/s1. The molecule has 2 aromatic carbocycles. The molecular formula is C34H43N5O7. The summed E-state index contributed by atoms with van der Waals surface area (Å²) in [4.78, 5) is 78.7. The van der Waals surface area contributed by atoms with Crippen LogP contribution in [0, 0.1) is 5.92 Å². The fourth-order valence-electron chi connectivity index (χ4n) is 5.46. The lowest BCUT2D eigenvalue weighted by Gasteiger charge is -2.28. The number of amides is 5. The Hall–Kier alpha value is -4.58. The van der Waals surface area contributed by atoms with Gasteiger partial charge in [-0.25, -0.2) is 0 Å². The van der Waals surface area contributed by atoms with Crippen molar-refractivity contribution in [3.63, 3.8) is 0 Å². The van der Waals surface area contributed by atoms with E-state index in [9.17, 15) is 28.8 Å². The van der Waals surface area contributed by atoms with Gasteiger partial charge in [-0.2, -0.15) is 0 Å². The van der Waals surface area contributed by atoms with Gasteiger partial charge in [0.1, 0.15) is 17.7 Å². The average Bonchev–Trinajstić information content (AvgIpc) is 3.58. The van der Waals surface area contributed by atoms with Gasteiger partial charge in [0.05, 0.1) is 19.2 Å². The fraction of sp³-hybridized carbons (Fsp3) is 0.471. The van der Waals surface area contributed by atoms with Crippen LogP contribution >= 0.6 is 0 Å². The highest BCUT2D eigenvalue weighted by atomic mass is 16.6. The Labute approximate surface area is 269 Å². The maximum absolute atomic E-state index is 13.8. The summed E-state index contributed by atoms with van der Waals surface area (Å²) >= 11 is 0. The van der Waals surface area contributed by atoms with Crippen LogP contribution in [-0.2, 0) is 35.1 Å².